The molecule has 1 aliphatic rings. The van der Waals surface area contributed by atoms with Crippen LogP contribution in [0.3, 0.4) is 0 Å². The average Bonchev–Trinajstić information content (AvgIpc) is 2.85. The topological polar surface area (TPSA) is 83.9 Å². The minimum Gasteiger partial charge on any atom is -0.497 e. The molecule has 3 aromatic rings. The van der Waals surface area contributed by atoms with E-state index in [2.05, 4.69) is 0 Å². The van der Waals surface area contributed by atoms with Crippen LogP contribution in [0.4, 0.5) is 0 Å². The number of nitrogens with zero attached hydrogens (tertiary/aromatic N) is 1. The Kier molecular flexibility index (Phi) is 7.76. The number of methoxy groups -OCH3 is 1. The van der Waals surface area contributed by atoms with Crippen molar-refractivity contribution in [2.24, 2.45) is 5.92 Å². The molecule has 3 aromatic carbocycles. The number of benzene rings is 3. The molecule has 0 bridgehead atoms. The first-order valence-corrected chi connectivity index (χ1v) is 13.8. The summed E-state index contributed by atoms with van der Waals surface area (Å²) in [5.74, 6) is -1.24. The maximum absolute atomic E-state index is 13.8. The van der Waals surface area contributed by atoms with Gasteiger partial charge in [0.05, 0.1) is 24.0 Å². The number of ether oxygens (including phenoxy) is 1. The van der Waals surface area contributed by atoms with Crippen LogP contribution in [-0.4, -0.2) is 42.7 Å². The molecule has 35 heavy (non-hydrogen) atoms. The van der Waals surface area contributed by atoms with E-state index in [-0.39, 0.29) is 16.7 Å². The largest absolute Gasteiger partial charge is 0.497 e. The lowest BCUT2D eigenvalue weighted by Crippen LogP contribution is -2.49. The van der Waals surface area contributed by atoms with E-state index in [1.54, 1.807) is 55.6 Å². The number of halogens is 1. The van der Waals surface area contributed by atoms with E-state index >= 15 is 0 Å². The fourth-order valence-electron chi connectivity index (χ4n) is 4.24. The summed E-state index contributed by atoms with van der Waals surface area (Å²) >= 11 is 7.45. The molecule has 0 aromatic heterocycles. The molecule has 0 aliphatic carbocycles. The molecule has 0 spiro atoms. The molecule has 4 rings (SSSR count). The Labute approximate surface area is 214 Å². The highest BCUT2D eigenvalue weighted by molar-refractivity contribution is 8.00. The van der Waals surface area contributed by atoms with E-state index in [1.807, 2.05) is 31.2 Å². The molecule has 0 saturated carbocycles. The zero-order chi connectivity index (χ0) is 25.2. The highest BCUT2D eigenvalue weighted by Gasteiger charge is 2.45. The van der Waals surface area contributed by atoms with Crippen LogP contribution in [0, 0.1) is 12.8 Å². The van der Waals surface area contributed by atoms with Crippen LogP contribution in [0.25, 0.3) is 0 Å². The van der Waals surface area contributed by atoms with Crippen molar-refractivity contribution in [3.63, 3.8) is 0 Å². The molecular weight excluding hydrogens is 506 g/mol. The Hall–Kier alpha value is -2.52. The molecule has 1 aliphatic heterocycles. The van der Waals surface area contributed by atoms with Gasteiger partial charge in [0.25, 0.3) is 0 Å². The fourth-order valence-corrected chi connectivity index (χ4v) is 7.30. The highest BCUT2D eigenvalue weighted by atomic mass is 35.5. The van der Waals surface area contributed by atoms with Crippen LogP contribution in [0.15, 0.2) is 82.6 Å². The molecule has 1 saturated heterocycles. The normalized spacial score (nSPS) is 20.9. The van der Waals surface area contributed by atoms with Gasteiger partial charge in [-0.3, -0.25) is 4.79 Å². The van der Waals surface area contributed by atoms with Gasteiger partial charge >= 0.3 is 5.97 Å². The van der Waals surface area contributed by atoms with Gasteiger partial charge in [-0.25, -0.2) is 8.42 Å². The number of sulfonamides is 1. The molecule has 0 amide bonds. The molecular formula is C26H26ClNO5S2. The first-order valence-electron chi connectivity index (χ1n) is 11.1. The van der Waals surface area contributed by atoms with Gasteiger partial charge in [-0.1, -0.05) is 41.4 Å². The quantitative estimate of drug-likeness (QED) is 0.424. The zero-order valence-electron chi connectivity index (χ0n) is 19.3. The highest BCUT2D eigenvalue weighted by Crippen LogP contribution is 2.44. The van der Waals surface area contributed by atoms with Gasteiger partial charge in [-0.15, -0.1) is 11.8 Å². The molecule has 1 heterocycles. The number of aryl methyl sites for hydroxylation is 1. The maximum Gasteiger partial charge on any atom is 0.308 e. The Balaban J connectivity index is 1.75. The molecule has 6 nitrogen and oxygen atoms in total. The van der Waals surface area contributed by atoms with E-state index in [9.17, 15) is 18.3 Å². The van der Waals surface area contributed by atoms with Gasteiger partial charge in [-0.05, 0) is 67.4 Å². The number of carboxylic acid groups (broad SMARTS) is 1. The van der Waals surface area contributed by atoms with Crippen LogP contribution in [0.5, 0.6) is 5.75 Å². The molecule has 1 fully saturated rings. The summed E-state index contributed by atoms with van der Waals surface area (Å²) < 4.78 is 34.1. The van der Waals surface area contributed by atoms with Crippen LogP contribution in [0.2, 0.25) is 5.02 Å². The van der Waals surface area contributed by atoms with Crippen molar-refractivity contribution in [2.75, 3.05) is 13.7 Å². The minimum atomic E-state index is -3.95. The van der Waals surface area contributed by atoms with Gasteiger partial charge in [0, 0.05) is 21.7 Å². The summed E-state index contributed by atoms with van der Waals surface area (Å²) in [6, 6.07) is 20.6. The van der Waals surface area contributed by atoms with Crippen molar-refractivity contribution >= 4 is 39.4 Å². The number of aliphatic carboxylic acids is 1. The molecule has 3 atom stereocenters. The number of piperidine rings is 1. The third-order valence-electron chi connectivity index (χ3n) is 6.18. The van der Waals surface area contributed by atoms with E-state index in [0.717, 1.165) is 16.0 Å². The Morgan fingerprint density at radius 1 is 1.03 bits per heavy atom. The van der Waals surface area contributed by atoms with Crippen molar-refractivity contribution in [3.05, 3.63) is 88.9 Å². The Morgan fingerprint density at radius 3 is 2.23 bits per heavy atom. The van der Waals surface area contributed by atoms with E-state index in [1.165, 1.54) is 16.1 Å². The lowest BCUT2D eigenvalue weighted by Gasteiger charge is -2.41. The number of rotatable bonds is 7. The van der Waals surface area contributed by atoms with E-state index in [0.29, 0.717) is 17.2 Å². The van der Waals surface area contributed by atoms with Crippen LogP contribution >= 0.6 is 23.4 Å². The number of hydrogen-bond acceptors (Lipinski definition) is 5. The summed E-state index contributed by atoms with van der Waals surface area (Å²) in [5.41, 5.74) is 1.73. The molecule has 184 valence electrons. The number of thioether (sulfide) groups is 1. The molecule has 0 radical (unpaired) electrons. The number of hydrogen-bond donors (Lipinski definition) is 1. The molecule has 0 unspecified atom stereocenters. The first-order chi connectivity index (χ1) is 16.7. The van der Waals surface area contributed by atoms with E-state index in [4.69, 9.17) is 16.3 Å². The summed E-state index contributed by atoms with van der Waals surface area (Å²) in [6.07, 6.45) is 0.335. The van der Waals surface area contributed by atoms with Gasteiger partial charge in [0.1, 0.15) is 5.75 Å². The third kappa shape index (κ3) is 5.67. The SMILES string of the molecule is COc1ccc([C@@H]2C[C@@H](Sc3ccc(Cl)cc3)[C@H](C(=O)O)CN2S(=O)(=O)c2ccc(C)cc2)cc1. The van der Waals surface area contributed by atoms with Crippen molar-refractivity contribution in [1.29, 1.82) is 0 Å². The maximum atomic E-state index is 13.8. The van der Waals surface area contributed by atoms with E-state index < -0.39 is 28.0 Å². The third-order valence-corrected chi connectivity index (χ3v) is 9.68. The standard InChI is InChI=1S/C26H26ClNO5S2/c1-17-3-13-22(14-4-17)35(31,32)28-16-23(26(29)30)25(34-21-11-7-19(27)8-12-21)15-24(28)18-5-9-20(33-2)10-6-18/h3-14,23-25H,15-16H2,1-2H3,(H,29,30)/t23-,24+,25-/m1/s1. The van der Waals surface area contributed by atoms with Crippen molar-refractivity contribution in [1.82, 2.24) is 4.31 Å². The number of carboxylic acids is 1. The van der Waals surface area contributed by atoms with Crippen molar-refractivity contribution < 1.29 is 23.1 Å². The summed E-state index contributed by atoms with van der Waals surface area (Å²) in [7, 11) is -2.38. The monoisotopic (exact) mass is 531 g/mol. The van der Waals surface area contributed by atoms with Crippen LogP contribution < -0.4 is 4.74 Å². The Bertz CT molecular complexity index is 1280. The predicted molar refractivity (Wildman–Crippen MR) is 138 cm³/mol. The summed E-state index contributed by atoms with van der Waals surface area (Å²) in [6.45, 7) is 1.75. The van der Waals surface area contributed by atoms with Gasteiger partial charge < -0.3 is 9.84 Å². The Morgan fingerprint density at radius 2 is 1.66 bits per heavy atom. The van der Waals surface area contributed by atoms with Crippen LogP contribution in [-0.2, 0) is 14.8 Å². The van der Waals surface area contributed by atoms with Gasteiger partial charge in [0.15, 0.2) is 0 Å². The molecule has 1 N–H and O–H groups in total. The smallest absolute Gasteiger partial charge is 0.308 e. The minimum absolute atomic E-state index is 0.131. The van der Waals surface area contributed by atoms with Gasteiger partial charge in [0.2, 0.25) is 10.0 Å². The lowest BCUT2D eigenvalue weighted by molar-refractivity contribution is -0.143. The predicted octanol–water partition coefficient (Wildman–Crippen LogP) is 5.65. The first kappa shape index (κ1) is 25.6. The summed E-state index contributed by atoms with van der Waals surface area (Å²) in [4.78, 5) is 13.3. The molecule has 9 heteroatoms. The second-order valence-corrected chi connectivity index (χ2v) is 12.1. The van der Waals surface area contributed by atoms with Crippen molar-refractivity contribution in [2.45, 2.75) is 34.4 Å². The average molecular weight is 532 g/mol. The second kappa shape index (κ2) is 10.6. The lowest BCUT2D eigenvalue weighted by atomic mass is 9.90. The fraction of sp³-hybridized carbons (Fsp3) is 0.269. The number of carbonyl (C=O) groups is 1. The summed E-state index contributed by atoms with van der Waals surface area (Å²) in [5, 5.41) is 10.3. The van der Waals surface area contributed by atoms with Gasteiger partial charge in [-0.2, -0.15) is 4.31 Å². The zero-order valence-corrected chi connectivity index (χ0v) is 21.7. The van der Waals surface area contributed by atoms with Crippen LogP contribution in [0.1, 0.15) is 23.6 Å². The van der Waals surface area contributed by atoms with Crippen molar-refractivity contribution in [3.8, 4) is 5.75 Å². The second-order valence-electron chi connectivity index (χ2n) is 8.47.